The second kappa shape index (κ2) is 13.3. The molecule has 0 unspecified atom stereocenters. The van der Waals surface area contributed by atoms with Gasteiger partial charge in [0.05, 0.1) is 5.56 Å². The van der Waals surface area contributed by atoms with Crippen molar-refractivity contribution < 1.29 is 13.2 Å². The molecule has 0 aromatic heterocycles. The molecule has 0 N–H and O–H groups in total. The van der Waals surface area contributed by atoms with Crippen LogP contribution in [0.5, 0.6) is 0 Å². The van der Waals surface area contributed by atoms with Crippen LogP contribution in [-0.2, 0) is 0 Å². The highest BCUT2D eigenvalue weighted by molar-refractivity contribution is 5.52. The van der Waals surface area contributed by atoms with Gasteiger partial charge in [-0.15, -0.1) is 0 Å². The zero-order chi connectivity index (χ0) is 23.5. The topological polar surface area (TPSA) is 0 Å². The van der Waals surface area contributed by atoms with E-state index in [2.05, 4.69) is 30.9 Å². The Morgan fingerprint density at radius 1 is 0.818 bits per heavy atom. The molecule has 0 heterocycles. The van der Waals surface area contributed by atoms with Crippen molar-refractivity contribution in [3.63, 3.8) is 0 Å². The van der Waals surface area contributed by atoms with E-state index in [0.29, 0.717) is 31.2 Å². The zero-order valence-corrected chi connectivity index (χ0v) is 19.7. The molecule has 1 aliphatic carbocycles. The predicted octanol–water partition coefficient (Wildman–Crippen LogP) is 9.12. The molecule has 0 nitrogen and oxygen atoms in total. The van der Waals surface area contributed by atoms with Gasteiger partial charge in [-0.2, -0.15) is 0 Å². The predicted molar refractivity (Wildman–Crippen MR) is 132 cm³/mol. The lowest BCUT2D eigenvalue weighted by atomic mass is 9.82. The maximum atomic E-state index is 14.6. The van der Waals surface area contributed by atoms with Crippen LogP contribution in [0.15, 0.2) is 42.5 Å². The summed E-state index contributed by atoms with van der Waals surface area (Å²) in [5.41, 5.74) is 2.27. The first kappa shape index (κ1) is 25.2. The van der Waals surface area contributed by atoms with Gasteiger partial charge in [-0.3, -0.25) is 0 Å². The number of hydrogen-bond donors (Lipinski definition) is 0. The van der Waals surface area contributed by atoms with E-state index in [4.69, 9.17) is 0 Å². The van der Waals surface area contributed by atoms with Crippen molar-refractivity contribution in [2.75, 3.05) is 0 Å². The molecule has 0 spiro atoms. The lowest BCUT2D eigenvalue weighted by Crippen LogP contribution is -2.15. The fourth-order valence-electron chi connectivity index (χ4n) is 4.42. The van der Waals surface area contributed by atoms with Crippen LogP contribution >= 0.6 is 0 Å². The number of benzene rings is 2. The highest BCUT2D eigenvalue weighted by Crippen LogP contribution is 2.36. The van der Waals surface area contributed by atoms with Crippen LogP contribution in [0, 0.1) is 23.5 Å². The molecule has 3 heteroatoms. The first-order valence-electron chi connectivity index (χ1n) is 12.5. The Balaban J connectivity index is 1.54. The Morgan fingerprint density at radius 3 is 2.24 bits per heavy atom. The van der Waals surface area contributed by atoms with Gasteiger partial charge in [-0.1, -0.05) is 81.2 Å². The van der Waals surface area contributed by atoms with Crippen LogP contribution in [0.25, 0.3) is 6.08 Å². The summed E-state index contributed by atoms with van der Waals surface area (Å²) in [5, 5.41) is 0. The molecule has 0 atom stereocenters. The third kappa shape index (κ3) is 7.81. The Kier molecular flexibility index (Phi) is 10.1. The smallest absolute Gasteiger partial charge is 0.174 e. The van der Waals surface area contributed by atoms with Crippen molar-refractivity contribution in [3.05, 3.63) is 76.4 Å². The minimum Gasteiger partial charge on any atom is -0.247 e. The van der Waals surface area contributed by atoms with Crippen LogP contribution in [0.4, 0.5) is 13.2 Å². The van der Waals surface area contributed by atoms with Gasteiger partial charge in [0.25, 0.3) is 0 Å². The summed E-state index contributed by atoms with van der Waals surface area (Å²) < 4.78 is 42.6. The molecule has 33 heavy (non-hydrogen) atoms. The summed E-state index contributed by atoms with van der Waals surface area (Å²) in [6, 6.07) is 10.9. The Labute approximate surface area is 197 Å². The van der Waals surface area contributed by atoms with Gasteiger partial charge in [-0.25, -0.2) is 13.2 Å². The molecular formula is C30H35F3. The Bertz CT molecular complexity index is 955. The molecule has 0 amide bonds. The molecule has 3 rings (SSSR count). The normalized spacial score (nSPS) is 18.3. The van der Waals surface area contributed by atoms with Crippen molar-refractivity contribution in [1.82, 2.24) is 0 Å². The number of halogens is 3. The summed E-state index contributed by atoms with van der Waals surface area (Å²) in [5.74, 6) is 3.84. The summed E-state index contributed by atoms with van der Waals surface area (Å²) in [6.45, 7) is 2.23. The summed E-state index contributed by atoms with van der Waals surface area (Å²) in [4.78, 5) is 0. The van der Waals surface area contributed by atoms with Crippen molar-refractivity contribution in [2.24, 2.45) is 0 Å². The van der Waals surface area contributed by atoms with E-state index >= 15 is 0 Å². The lowest BCUT2D eigenvalue weighted by molar-refractivity contribution is 0.233. The van der Waals surface area contributed by atoms with Crippen molar-refractivity contribution in [2.45, 2.75) is 89.6 Å². The van der Waals surface area contributed by atoms with E-state index < -0.39 is 17.8 Å². The molecular weight excluding hydrogens is 417 g/mol. The first-order chi connectivity index (χ1) is 16.1. The van der Waals surface area contributed by atoms with E-state index in [1.165, 1.54) is 38.5 Å². The fraction of sp³-hybridized carbons (Fsp3) is 0.467. The molecule has 1 aliphatic rings. The van der Waals surface area contributed by atoms with E-state index in [0.717, 1.165) is 17.5 Å². The van der Waals surface area contributed by atoms with E-state index in [-0.39, 0.29) is 11.5 Å². The second-order valence-electron chi connectivity index (χ2n) is 9.11. The fourth-order valence-corrected chi connectivity index (χ4v) is 4.42. The van der Waals surface area contributed by atoms with E-state index in [9.17, 15) is 13.2 Å². The van der Waals surface area contributed by atoms with Crippen molar-refractivity contribution in [3.8, 4) is 11.8 Å². The average molecular weight is 453 g/mol. The molecule has 1 saturated carbocycles. The maximum absolute atomic E-state index is 14.6. The highest BCUT2D eigenvalue weighted by Gasteiger charge is 2.25. The molecule has 176 valence electrons. The summed E-state index contributed by atoms with van der Waals surface area (Å²) in [6.07, 6.45) is 14.3. The first-order valence-corrected chi connectivity index (χ1v) is 12.5. The van der Waals surface area contributed by atoms with Crippen LogP contribution in [0.3, 0.4) is 0 Å². The summed E-state index contributed by atoms with van der Waals surface area (Å²) in [7, 11) is 0. The van der Waals surface area contributed by atoms with Crippen LogP contribution in [-0.4, -0.2) is 6.17 Å². The molecule has 0 radical (unpaired) electrons. The van der Waals surface area contributed by atoms with E-state index in [1.54, 1.807) is 12.1 Å². The molecule has 2 aromatic rings. The number of allylic oxidation sites excluding steroid dienone is 1. The number of rotatable bonds is 9. The Morgan fingerprint density at radius 2 is 1.52 bits per heavy atom. The minimum atomic E-state index is -0.906. The van der Waals surface area contributed by atoms with Gasteiger partial charge in [0.15, 0.2) is 11.6 Å². The summed E-state index contributed by atoms with van der Waals surface area (Å²) >= 11 is 0. The standard InChI is InChI=1S/C30H35F3/c1-2-3-4-5-6-7-8-9-10-23-11-13-24(14-12-23)15-16-26-19-22-28(30(33)29(26)32)25-17-20-27(31)21-18-25/h9-14,19,22,25,27H,2-8,17-18,20-21H2,1H3/b10-9+. The number of unbranched alkanes of at least 4 members (excludes halogenated alkanes) is 6. The molecule has 0 bridgehead atoms. The van der Waals surface area contributed by atoms with Gasteiger partial charge < -0.3 is 0 Å². The van der Waals surface area contributed by atoms with Crippen LogP contribution in [0.2, 0.25) is 0 Å². The maximum Gasteiger partial charge on any atom is 0.174 e. The molecule has 0 saturated heterocycles. The minimum absolute atomic E-state index is 0.0540. The van der Waals surface area contributed by atoms with Crippen molar-refractivity contribution >= 4 is 6.08 Å². The third-order valence-electron chi connectivity index (χ3n) is 6.50. The van der Waals surface area contributed by atoms with Gasteiger partial charge in [0.1, 0.15) is 6.17 Å². The lowest BCUT2D eigenvalue weighted by Gasteiger charge is -2.25. The largest absolute Gasteiger partial charge is 0.247 e. The van der Waals surface area contributed by atoms with Gasteiger partial charge >= 0.3 is 0 Å². The monoisotopic (exact) mass is 452 g/mol. The van der Waals surface area contributed by atoms with Gasteiger partial charge in [-0.05, 0) is 73.8 Å². The van der Waals surface area contributed by atoms with Crippen LogP contribution in [0.1, 0.15) is 106 Å². The second-order valence-corrected chi connectivity index (χ2v) is 9.11. The van der Waals surface area contributed by atoms with Gasteiger partial charge in [0, 0.05) is 5.56 Å². The third-order valence-corrected chi connectivity index (χ3v) is 6.50. The Hall–Kier alpha value is -2.47. The molecule has 2 aromatic carbocycles. The molecule has 0 aliphatic heterocycles. The highest BCUT2D eigenvalue weighted by atomic mass is 19.2. The number of alkyl halides is 1. The van der Waals surface area contributed by atoms with E-state index in [1.807, 2.05) is 24.3 Å². The van der Waals surface area contributed by atoms with Gasteiger partial charge in [0.2, 0.25) is 0 Å². The quantitative estimate of drug-likeness (QED) is 0.263. The zero-order valence-electron chi connectivity index (χ0n) is 19.7. The number of hydrogen-bond acceptors (Lipinski definition) is 0. The molecule has 1 fully saturated rings. The average Bonchev–Trinajstić information content (AvgIpc) is 2.83. The SMILES string of the molecule is CCCCCCCC/C=C/c1ccc(C#Cc2ccc(C3CCC(F)CC3)c(F)c2F)cc1. The van der Waals surface area contributed by atoms with Crippen LogP contribution < -0.4 is 0 Å². The van der Waals surface area contributed by atoms with Crippen molar-refractivity contribution in [1.29, 1.82) is 0 Å².